The number of anilines is 1. The zero-order chi connectivity index (χ0) is 12.4. The molecule has 3 rings (SSSR count). The average molecular weight is 250 g/mol. The minimum atomic E-state index is 0.320. The first-order valence-electron chi connectivity index (χ1n) is 6.25. The Balaban J connectivity index is 1.66. The molecule has 0 amide bonds. The van der Waals surface area contributed by atoms with Crippen LogP contribution in [-0.2, 0) is 4.74 Å². The van der Waals surface area contributed by atoms with E-state index in [9.17, 15) is 0 Å². The normalized spacial score (nSPS) is 21.9. The van der Waals surface area contributed by atoms with E-state index in [2.05, 4.69) is 23.3 Å². The van der Waals surface area contributed by atoms with Gasteiger partial charge in [-0.3, -0.25) is 0 Å². The molecule has 0 bridgehead atoms. The summed E-state index contributed by atoms with van der Waals surface area (Å²) < 4.78 is 16.2. The van der Waals surface area contributed by atoms with Gasteiger partial charge in [-0.15, -0.1) is 0 Å². The molecule has 1 atom stereocenters. The van der Waals surface area contributed by atoms with Gasteiger partial charge < -0.3 is 24.4 Å². The molecule has 18 heavy (non-hydrogen) atoms. The Kier molecular flexibility index (Phi) is 3.25. The fourth-order valence-corrected chi connectivity index (χ4v) is 2.30. The number of hydrogen-bond acceptors (Lipinski definition) is 5. The highest BCUT2D eigenvalue weighted by Crippen LogP contribution is 2.35. The summed E-state index contributed by atoms with van der Waals surface area (Å²) in [6.07, 6.45) is 0. The molecule has 0 saturated carbocycles. The molecule has 2 aliphatic rings. The van der Waals surface area contributed by atoms with E-state index >= 15 is 0 Å². The molecule has 0 aliphatic carbocycles. The van der Waals surface area contributed by atoms with Crippen LogP contribution in [0.4, 0.5) is 5.69 Å². The van der Waals surface area contributed by atoms with Gasteiger partial charge in [-0.05, 0) is 12.1 Å². The zero-order valence-electron chi connectivity index (χ0n) is 10.5. The van der Waals surface area contributed by atoms with Crippen molar-refractivity contribution in [3.05, 3.63) is 18.2 Å². The molecule has 1 unspecified atom stereocenters. The summed E-state index contributed by atoms with van der Waals surface area (Å²) in [6.45, 7) is 3.75. The van der Waals surface area contributed by atoms with E-state index in [-0.39, 0.29) is 0 Å². The summed E-state index contributed by atoms with van der Waals surface area (Å²) in [5.41, 5.74) is 1.13. The molecule has 0 aromatic heterocycles. The SMILES string of the molecule is CN(CC1COCCN1)c1ccc2c(c1)OCO2. The first-order chi connectivity index (χ1) is 8.83. The molecular weight excluding hydrogens is 232 g/mol. The van der Waals surface area contributed by atoms with Crippen molar-refractivity contribution in [2.75, 3.05) is 45.0 Å². The first kappa shape index (κ1) is 11.6. The number of hydrogen-bond donors (Lipinski definition) is 1. The van der Waals surface area contributed by atoms with Crippen molar-refractivity contribution in [3.63, 3.8) is 0 Å². The van der Waals surface area contributed by atoms with Crippen molar-refractivity contribution in [1.82, 2.24) is 5.32 Å². The summed E-state index contributed by atoms with van der Waals surface area (Å²) in [6, 6.07) is 6.41. The molecule has 5 nitrogen and oxygen atoms in total. The van der Waals surface area contributed by atoms with Gasteiger partial charge in [-0.1, -0.05) is 0 Å². The van der Waals surface area contributed by atoms with Crippen LogP contribution in [0, 0.1) is 0 Å². The summed E-state index contributed by atoms with van der Waals surface area (Å²) in [5, 5.41) is 3.45. The lowest BCUT2D eigenvalue weighted by Crippen LogP contribution is -2.47. The number of nitrogens with zero attached hydrogens (tertiary/aromatic N) is 1. The Hall–Kier alpha value is -1.46. The van der Waals surface area contributed by atoms with Gasteiger partial charge in [0.05, 0.1) is 13.2 Å². The van der Waals surface area contributed by atoms with E-state index in [4.69, 9.17) is 14.2 Å². The number of rotatable bonds is 3. The second-order valence-corrected chi connectivity index (χ2v) is 4.64. The lowest BCUT2D eigenvalue weighted by atomic mass is 10.2. The minimum absolute atomic E-state index is 0.320. The predicted molar refractivity (Wildman–Crippen MR) is 68.4 cm³/mol. The second kappa shape index (κ2) is 5.04. The molecule has 1 N–H and O–H groups in total. The number of ether oxygens (including phenoxy) is 3. The summed E-state index contributed by atoms with van der Waals surface area (Å²) in [4.78, 5) is 2.20. The smallest absolute Gasteiger partial charge is 0.231 e. The third-order valence-corrected chi connectivity index (χ3v) is 3.29. The average Bonchev–Trinajstić information content (AvgIpc) is 2.87. The molecule has 1 aromatic carbocycles. The first-order valence-corrected chi connectivity index (χ1v) is 6.25. The number of morpholine rings is 1. The molecular formula is C13H18N2O3. The molecule has 98 valence electrons. The largest absolute Gasteiger partial charge is 0.454 e. The van der Waals surface area contributed by atoms with Crippen molar-refractivity contribution >= 4 is 5.69 Å². The fraction of sp³-hybridized carbons (Fsp3) is 0.538. The van der Waals surface area contributed by atoms with Crippen LogP contribution < -0.4 is 19.7 Å². The van der Waals surface area contributed by atoms with Crippen LogP contribution in [0.2, 0.25) is 0 Å². The van der Waals surface area contributed by atoms with Crippen LogP contribution in [0.15, 0.2) is 18.2 Å². The third kappa shape index (κ3) is 2.37. The standard InChI is InChI=1S/C13H18N2O3/c1-15(7-10-8-16-5-4-14-10)11-2-3-12-13(6-11)18-9-17-12/h2-3,6,10,14H,4-5,7-9H2,1H3. The maximum Gasteiger partial charge on any atom is 0.231 e. The number of fused-ring (bicyclic) bond motifs is 1. The summed E-state index contributed by atoms with van der Waals surface area (Å²) in [7, 11) is 2.08. The molecule has 0 radical (unpaired) electrons. The molecule has 2 heterocycles. The molecule has 0 spiro atoms. The highest BCUT2D eigenvalue weighted by atomic mass is 16.7. The number of benzene rings is 1. The second-order valence-electron chi connectivity index (χ2n) is 4.64. The van der Waals surface area contributed by atoms with Crippen LogP contribution in [0.5, 0.6) is 11.5 Å². The van der Waals surface area contributed by atoms with E-state index < -0.39 is 0 Å². The number of likely N-dealkylation sites (N-methyl/N-ethyl adjacent to an activating group) is 1. The molecule has 5 heteroatoms. The van der Waals surface area contributed by atoms with Gasteiger partial charge in [0.1, 0.15) is 0 Å². The Morgan fingerprint density at radius 1 is 1.33 bits per heavy atom. The van der Waals surface area contributed by atoms with Gasteiger partial charge in [0.15, 0.2) is 11.5 Å². The van der Waals surface area contributed by atoms with Gasteiger partial charge in [-0.25, -0.2) is 0 Å². The quantitative estimate of drug-likeness (QED) is 0.861. The molecule has 2 aliphatic heterocycles. The summed E-state index contributed by atoms with van der Waals surface area (Å²) >= 11 is 0. The van der Waals surface area contributed by atoms with Crippen molar-refractivity contribution < 1.29 is 14.2 Å². The van der Waals surface area contributed by atoms with E-state index in [1.165, 1.54) is 0 Å². The third-order valence-electron chi connectivity index (χ3n) is 3.29. The Morgan fingerprint density at radius 2 is 2.22 bits per heavy atom. The topological polar surface area (TPSA) is 43.0 Å². The van der Waals surface area contributed by atoms with E-state index in [0.717, 1.165) is 43.5 Å². The van der Waals surface area contributed by atoms with E-state index in [1.54, 1.807) is 0 Å². The van der Waals surface area contributed by atoms with Crippen molar-refractivity contribution in [3.8, 4) is 11.5 Å². The van der Waals surface area contributed by atoms with Crippen molar-refractivity contribution in [1.29, 1.82) is 0 Å². The van der Waals surface area contributed by atoms with Gasteiger partial charge in [0.2, 0.25) is 6.79 Å². The maximum atomic E-state index is 5.46. The van der Waals surface area contributed by atoms with Gasteiger partial charge >= 0.3 is 0 Å². The van der Waals surface area contributed by atoms with E-state index in [0.29, 0.717) is 12.8 Å². The predicted octanol–water partition coefficient (Wildman–Crippen LogP) is 0.840. The Morgan fingerprint density at radius 3 is 3.06 bits per heavy atom. The maximum absolute atomic E-state index is 5.46. The van der Waals surface area contributed by atoms with Crippen LogP contribution in [0.3, 0.4) is 0 Å². The molecule has 1 saturated heterocycles. The van der Waals surface area contributed by atoms with Crippen LogP contribution in [0.25, 0.3) is 0 Å². The number of nitrogens with one attached hydrogen (secondary N) is 1. The van der Waals surface area contributed by atoms with Crippen molar-refractivity contribution in [2.24, 2.45) is 0 Å². The fourth-order valence-electron chi connectivity index (χ4n) is 2.30. The Bertz CT molecular complexity index is 419. The monoisotopic (exact) mass is 250 g/mol. The molecule has 1 fully saturated rings. The van der Waals surface area contributed by atoms with Crippen LogP contribution in [-0.4, -0.2) is 46.2 Å². The lowest BCUT2D eigenvalue weighted by Gasteiger charge is -2.29. The minimum Gasteiger partial charge on any atom is -0.454 e. The van der Waals surface area contributed by atoms with Gasteiger partial charge in [0.25, 0.3) is 0 Å². The van der Waals surface area contributed by atoms with Gasteiger partial charge in [-0.2, -0.15) is 0 Å². The zero-order valence-corrected chi connectivity index (χ0v) is 10.5. The molecule has 1 aromatic rings. The van der Waals surface area contributed by atoms with Crippen LogP contribution in [0.1, 0.15) is 0 Å². The highest BCUT2D eigenvalue weighted by molar-refractivity contribution is 5.56. The van der Waals surface area contributed by atoms with Crippen molar-refractivity contribution in [2.45, 2.75) is 6.04 Å². The highest BCUT2D eigenvalue weighted by Gasteiger charge is 2.18. The van der Waals surface area contributed by atoms with Crippen LogP contribution >= 0.6 is 0 Å². The van der Waals surface area contributed by atoms with Gasteiger partial charge in [0, 0.05) is 37.9 Å². The Labute approximate surface area is 107 Å². The summed E-state index contributed by atoms with van der Waals surface area (Å²) in [5.74, 6) is 1.65. The van der Waals surface area contributed by atoms with E-state index in [1.807, 2.05) is 12.1 Å². The lowest BCUT2D eigenvalue weighted by molar-refractivity contribution is 0.0791.